The van der Waals surface area contributed by atoms with Crippen LogP contribution in [0.5, 0.6) is 0 Å². The number of aryl methyl sites for hydroxylation is 2. The quantitative estimate of drug-likeness (QED) is 0.163. The molecule has 8 aromatic rings. The molecule has 0 aromatic heterocycles. The molecule has 3 nitrogen and oxygen atoms in total. The van der Waals surface area contributed by atoms with Crippen LogP contribution >= 0.6 is 0 Å². The maximum atomic E-state index is 2.77. The van der Waals surface area contributed by atoms with Crippen molar-refractivity contribution in [3.63, 3.8) is 0 Å². The topological polar surface area (TPSA) is 9.72 Å². The summed E-state index contributed by atoms with van der Waals surface area (Å²) in [4.78, 5) is 8.06. The molecule has 0 radical (unpaired) electrons. The van der Waals surface area contributed by atoms with Crippen molar-refractivity contribution in [2.45, 2.75) is 155 Å². The fourth-order valence-corrected chi connectivity index (χ4v) is 15.7. The molecule has 6 aliphatic rings. The summed E-state index contributed by atoms with van der Waals surface area (Å²) in [6, 6.07) is 57.6. The van der Waals surface area contributed by atoms with Crippen molar-refractivity contribution in [2.75, 3.05) is 14.7 Å². The van der Waals surface area contributed by atoms with Crippen LogP contribution in [0.15, 0.2) is 146 Å². The monoisotopic (exact) mass is 992 g/mol. The van der Waals surface area contributed by atoms with E-state index in [1.165, 1.54) is 141 Å². The molecule has 0 bridgehead atoms. The standard InChI is InChI=1S/C72H74BN3/c1-43-22-15-19-27-57(43)74(58-28-20-16-23-44(58)2)46-31-33-55-60(39-46)76-59-29-21-25-48-47-24-17-18-26-49(47)72(14,63(48)59)64-54(67(3,4)5)42-62-65(66(64)76)73(55)56-40-52-53(71(12,13)37-36-70(52,10)11)41-61(56)75(62)45-30-32-50-51(38-45)69(8,9)35-34-68(50,6)7/h15-33,38-42H,34-37H2,1-14H3. The van der Waals surface area contributed by atoms with Crippen molar-refractivity contribution in [1.82, 2.24) is 0 Å². The fraction of sp³-hybridized carbons (Fsp3) is 0.333. The van der Waals surface area contributed by atoms with Gasteiger partial charge in [0.25, 0.3) is 6.71 Å². The molecule has 14 rings (SSSR count). The first-order valence-electron chi connectivity index (χ1n) is 28.5. The Labute approximate surface area is 454 Å². The SMILES string of the molecule is Cc1ccccc1N(c1ccc2c(c1)N1c3cccc4c3C(C)(c3ccccc3-4)c3c(C(C)(C)C)cc4c(c31)B2c1cc2c(cc1N4c1ccc3c(c1)C(C)(C)CCC3(C)C)C(C)(C)CCC2(C)C)c1ccccc1C. The third kappa shape index (κ3) is 6.31. The summed E-state index contributed by atoms with van der Waals surface area (Å²) in [6.07, 6.45) is 4.69. The van der Waals surface area contributed by atoms with Crippen molar-refractivity contribution in [3.8, 4) is 11.1 Å². The van der Waals surface area contributed by atoms with Gasteiger partial charge in [-0.05, 0) is 211 Å². The summed E-state index contributed by atoms with van der Waals surface area (Å²) >= 11 is 0. The molecule has 380 valence electrons. The minimum atomic E-state index is -0.408. The molecule has 0 fully saturated rings. The molecule has 8 aromatic carbocycles. The van der Waals surface area contributed by atoms with Crippen LogP contribution in [0, 0.1) is 13.8 Å². The number of nitrogens with zero attached hydrogens (tertiary/aromatic N) is 3. The van der Waals surface area contributed by atoms with Crippen molar-refractivity contribution < 1.29 is 0 Å². The van der Waals surface area contributed by atoms with Gasteiger partial charge in [0.2, 0.25) is 0 Å². The summed E-state index contributed by atoms with van der Waals surface area (Å²) in [5, 5.41) is 0. The van der Waals surface area contributed by atoms with Gasteiger partial charge in [-0.2, -0.15) is 0 Å². The molecular formula is C72H74BN3. The van der Waals surface area contributed by atoms with Crippen molar-refractivity contribution in [1.29, 1.82) is 0 Å². The van der Waals surface area contributed by atoms with Crippen LogP contribution in [0.3, 0.4) is 0 Å². The van der Waals surface area contributed by atoms with Gasteiger partial charge in [0, 0.05) is 50.9 Å². The zero-order valence-corrected chi connectivity index (χ0v) is 47.6. The van der Waals surface area contributed by atoms with Crippen LogP contribution in [0.25, 0.3) is 11.1 Å². The second-order valence-electron chi connectivity index (χ2n) is 27.7. The average Bonchev–Trinajstić information content (AvgIpc) is 3.20. The maximum Gasteiger partial charge on any atom is 0.252 e. The Balaban J connectivity index is 1.16. The molecule has 3 heterocycles. The van der Waals surface area contributed by atoms with Crippen LogP contribution in [-0.4, -0.2) is 6.71 Å². The Morgan fingerprint density at radius 3 is 1.66 bits per heavy atom. The first-order chi connectivity index (χ1) is 36.0. The summed E-state index contributed by atoms with van der Waals surface area (Å²) in [5.74, 6) is 0. The smallest absolute Gasteiger partial charge is 0.252 e. The second-order valence-corrected chi connectivity index (χ2v) is 27.7. The highest BCUT2D eigenvalue weighted by Crippen LogP contribution is 2.65. The van der Waals surface area contributed by atoms with E-state index in [4.69, 9.17) is 0 Å². The summed E-state index contributed by atoms with van der Waals surface area (Å²) in [5.41, 5.74) is 32.1. The Bertz CT molecular complexity index is 3790. The molecule has 3 aliphatic carbocycles. The summed E-state index contributed by atoms with van der Waals surface area (Å²) < 4.78 is 0. The van der Waals surface area contributed by atoms with Crippen LogP contribution in [0.1, 0.15) is 164 Å². The van der Waals surface area contributed by atoms with E-state index in [2.05, 4.69) is 257 Å². The lowest BCUT2D eigenvalue weighted by molar-refractivity contribution is 0.332. The first kappa shape index (κ1) is 47.7. The summed E-state index contributed by atoms with van der Waals surface area (Å²) in [7, 11) is 0. The van der Waals surface area contributed by atoms with E-state index < -0.39 is 5.41 Å². The number of para-hydroxylation sites is 2. The number of hydrogen-bond donors (Lipinski definition) is 0. The largest absolute Gasteiger partial charge is 0.311 e. The van der Waals surface area contributed by atoms with E-state index in [-0.39, 0.29) is 33.8 Å². The van der Waals surface area contributed by atoms with E-state index >= 15 is 0 Å². The lowest BCUT2D eigenvalue weighted by atomic mass is 9.32. The maximum absolute atomic E-state index is 2.77. The van der Waals surface area contributed by atoms with E-state index in [1.54, 1.807) is 0 Å². The third-order valence-electron chi connectivity index (χ3n) is 20.1. The Morgan fingerprint density at radius 1 is 0.447 bits per heavy atom. The third-order valence-corrected chi connectivity index (χ3v) is 20.1. The Hall–Kier alpha value is -6.78. The molecule has 76 heavy (non-hydrogen) atoms. The van der Waals surface area contributed by atoms with Crippen molar-refractivity contribution in [2.24, 2.45) is 0 Å². The number of anilines is 9. The highest BCUT2D eigenvalue weighted by atomic mass is 15.2. The van der Waals surface area contributed by atoms with Gasteiger partial charge in [0.15, 0.2) is 0 Å². The van der Waals surface area contributed by atoms with E-state index in [9.17, 15) is 0 Å². The molecule has 0 amide bonds. The number of hydrogen-bond acceptors (Lipinski definition) is 3. The number of rotatable bonds is 4. The normalized spacial score (nSPS) is 19.9. The number of fused-ring (bicyclic) bond motifs is 12. The van der Waals surface area contributed by atoms with Gasteiger partial charge in [-0.1, -0.05) is 167 Å². The number of benzene rings is 8. The zero-order valence-electron chi connectivity index (χ0n) is 47.6. The second kappa shape index (κ2) is 15.5. The molecule has 1 atom stereocenters. The van der Waals surface area contributed by atoms with Gasteiger partial charge >= 0.3 is 0 Å². The molecule has 0 spiro atoms. The van der Waals surface area contributed by atoms with Crippen LogP contribution in [0.4, 0.5) is 51.2 Å². The van der Waals surface area contributed by atoms with E-state index in [0.29, 0.717) is 0 Å². The van der Waals surface area contributed by atoms with Crippen LogP contribution in [-0.2, 0) is 32.5 Å². The molecular weight excluding hydrogens is 918 g/mol. The molecule has 0 N–H and O–H groups in total. The van der Waals surface area contributed by atoms with Crippen molar-refractivity contribution in [3.05, 3.63) is 201 Å². The van der Waals surface area contributed by atoms with Gasteiger partial charge < -0.3 is 14.7 Å². The van der Waals surface area contributed by atoms with Gasteiger partial charge in [-0.3, -0.25) is 0 Å². The minimum Gasteiger partial charge on any atom is -0.311 e. The molecule has 0 saturated carbocycles. The highest BCUT2D eigenvalue weighted by Gasteiger charge is 2.56. The van der Waals surface area contributed by atoms with Gasteiger partial charge in [0.05, 0.1) is 5.69 Å². The fourth-order valence-electron chi connectivity index (χ4n) is 15.7. The molecule has 1 unspecified atom stereocenters. The van der Waals surface area contributed by atoms with E-state index in [1.807, 2.05) is 0 Å². The van der Waals surface area contributed by atoms with Crippen LogP contribution in [0.2, 0.25) is 0 Å². The average molecular weight is 992 g/mol. The van der Waals surface area contributed by atoms with Crippen LogP contribution < -0.4 is 31.1 Å². The van der Waals surface area contributed by atoms with E-state index in [0.717, 1.165) is 18.5 Å². The predicted molar refractivity (Wildman–Crippen MR) is 325 cm³/mol. The molecule has 4 heteroatoms. The zero-order chi connectivity index (χ0) is 53.0. The molecule has 3 aliphatic heterocycles. The minimum absolute atomic E-state index is 0.0211. The summed E-state index contributed by atoms with van der Waals surface area (Å²) in [6.45, 7) is 34.4. The Morgan fingerprint density at radius 2 is 1.01 bits per heavy atom. The van der Waals surface area contributed by atoms with Gasteiger partial charge in [0.1, 0.15) is 0 Å². The van der Waals surface area contributed by atoms with Gasteiger partial charge in [-0.25, -0.2) is 0 Å². The van der Waals surface area contributed by atoms with Gasteiger partial charge in [-0.15, -0.1) is 0 Å². The van der Waals surface area contributed by atoms with Crippen molar-refractivity contribution >= 4 is 74.3 Å². The highest BCUT2D eigenvalue weighted by molar-refractivity contribution is 7.00. The Kier molecular flexibility index (Phi) is 9.69. The first-order valence-corrected chi connectivity index (χ1v) is 28.5. The lowest BCUT2D eigenvalue weighted by Crippen LogP contribution is -2.63. The predicted octanol–water partition coefficient (Wildman–Crippen LogP) is 17.5. The lowest BCUT2D eigenvalue weighted by Gasteiger charge is -2.53. The molecule has 0 saturated heterocycles.